The summed E-state index contributed by atoms with van der Waals surface area (Å²) in [5.41, 5.74) is 3.97. The molecule has 2 aromatic heterocycles. The fourth-order valence-corrected chi connectivity index (χ4v) is 3.41. The number of para-hydroxylation sites is 1. The Balaban J connectivity index is 1.52. The number of fused-ring (bicyclic) bond motifs is 1. The number of hydrogen-bond donors (Lipinski definition) is 2. The first kappa shape index (κ1) is 18.2. The number of anilines is 2. The summed E-state index contributed by atoms with van der Waals surface area (Å²) in [4.78, 5) is 17.0. The van der Waals surface area contributed by atoms with Crippen molar-refractivity contribution < 1.29 is 4.79 Å². The Labute approximate surface area is 170 Å². The lowest BCUT2D eigenvalue weighted by molar-refractivity contribution is 0.102. The van der Waals surface area contributed by atoms with Gasteiger partial charge in [0.15, 0.2) is 0 Å². The summed E-state index contributed by atoms with van der Waals surface area (Å²) in [6.07, 6.45) is 3.69. The second kappa shape index (κ2) is 7.82. The lowest BCUT2D eigenvalue weighted by Crippen LogP contribution is -2.14. The van der Waals surface area contributed by atoms with Gasteiger partial charge in [-0.05, 0) is 64.0 Å². The van der Waals surface area contributed by atoms with Crippen molar-refractivity contribution in [3.05, 3.63) is 82.7 Å². The van der Waals surface area contributed by atoms with Crippen LogP contribution in [0.1, 0.15) is 15.9 Å². The minimum absolute atomic E-state index is 0.172. The van der Waals surface area contributed by atoms with Gasteiger partial charge < -0.3 is 10.6 Å². The monoisotopic (exact) mass is 435 g/mol. The van der Waals surface area contributed by atoms with Crippen LogP contribution < -0.4 is 10.6 Å². The van der Waals surface area contributed by atoms with Gasteiger partial charge >= 0.3 is 0 Å². The zero-order chi connectivity index (χ0) is 19.5. The van der Waals surface area contributed by atoms with Crippen molar-refractivity contribution in [1.82, 2.24) is 14.8 Å². The maximum Gasteiger partial charge on any atom is 0.257 e. The summed E-state index contributed by atoms with van der Waals surface area (Å²) in [6, 6.07) is 17.0. The van der Waals surface area contributed by atoms with E-state index < -0.39 is 0 Å². The van der Waals surface area contributed by atoms with Crippen LogP contribution in [0.4, 0.5) is 11.4 Å². The molecule has 0 aliphatic heterocycles. The summed E-state index contributed by atoms with van der Waals surface area (Å²) >= 11 is 3.37. The van der Waals surface area contributed by atoms with Crippen LogP contribution in [0.2, 0.25) is 0 Å². The lowest BCUT2D eigenvalue weighted by Gasteiger charge is -2.12. The van der Waals surface area contributed by atoms with Crippen LogP contribution >= 0.6 is 15.9 Å². The van der Waals surface area contributed by atoms with E-state index in [0.29, 0.717) is 17.8 Å². The highest BCUT2D eigenvalue weighted by Crippen LogP contribution is 2.21. The van der Waals surface area contributed by atoms with Crippen LogP contribution in [0, 0.1) is 0 Å². The summed E-state index contributed by atoms with van der Waals surface area (Å²) in [6.45, 7) is 0.589. The highest BCUT2D eigenvalue weighted by atomic mass is 79.9. The fraction of sp³-hybridized carbons (Fsp3) is 0.0952. The average Bonchev–Trinajstić information content (AvgIpc) is 3.06. The zero-order valence-electron chi connectivity index (χ0n) is 15.2. The number of benzene rings is 2. The third-order valence-electron chi connectivity index (χ3n) is 4.33. The van der Waals surface area contributed by atoms with E-state index in [4.69, 9.17) is 0 Å². The molecular formula is C21H18BrN5O. The standard InChI is InChI=1S/C21H18BrN5O/c1-27-13-15-6-7-16(11-19(15)26-27)25-21(28)17-4-2-3-5-18(17)24-12-14-8-9-23-20(22)10-14/h2-11,13,24H,12H2,1H3,(H,25,28). The number of halogens is 1. The Hall–Kier alpha value is -3.19. The molecule has 0 unspecified atom stereocenters. The van der Waals surface area contributed by atoms with E-state index in [1.54, 1.807) is 16.9 Å². The SMILES string of the molecule is Cn1cc2ccc(NC(=O)c3ccccc3NCc3ccnc(Br)c3)cc2n1. The largest absolute Gasteiger partial charge is 0.380 e. The predicted molar refractivity (Wildman–Crippen MR) is 114 cm³/mol. The average molecular weight is 436 g/mol. The van der Waals surface area contributed by atoms with Gasteiger partial charge in [-0.1, -0.05) is 12.1 Å². The van der Waals surface area contributed by atoms with E-state index in [1.807, 2.05) is 61.8 Å². The number of pyridine rings is 1. The normalized spacial score (nSPS) is 10.8. The van der Waals surface area contributed by atoms with Crippen molar-refractivity contribution in [1.29, 1.82) is 0 Å². The lowest BCUT2D eigenvalue weighted by atomic mass is 10.1. The fourth-order valence-electron chi connectivity index (χ4n) is 3.00. The molecule has 0 saturated carbocycles. The number of hydrogen-bond acceptors (Lipinski definition) is 4. The van der Waals surface area contributed by atoms with E-state index in [0.717, 1.165) is 26.8 Å². The molecule has 0 radical (unpaired) electrons. The topological polar surface area (TPSA) is 71.8 Å². The van der Waals surface area contributed by atoms with E-state index in [9.17, 15) is 4.79 Å². The van der Waals surface area contributed by atoms with Crippen LogP contribution in [-0.2, 0) is 13.6 Å². The molecule has 6 nitrogen and oxygen atoms in total. The molecule has 4 rings (SSSR count). The van der Waals surface area contributed by atoms with Gasteiger partial charge in [-0.25, -0.2) is 4.98 Å². The molecule has 0 aliphatic rings. The third kappa shape index (κ3) is 4.04. The molecule has 2 aromatic carbocycles. The van der Waals surface area contributed by atoms with Gasteiger partial charge in [-0.15, -0.1) is 0 Å². The van der Waals surface area contributed by atoms with Gasteiger partial charge in [0.05, 0.1) is 11.1 Å². The number of aryl methyl sites for hydroxylation is 1. The highest BCUT2D eigenvalue weighted by molar-refractivity contribution is 9.10. The van der Waals surface area contributed by atoms with Crippen molar-refractivity contribution in [2.45, 2.75) is 6.54 Å². The number of nitrogens with one attached hydrogen (secondary N) is 2. The molecule has 0 spiro atoms. The number of rotatable bonds is 5. The maximum absolute atomic E-state index is 12.8. The van der Waals surface area contributed by atoms with E-state index in [-0.39, 0.29) is 5.91 Å². The number of carbonyl (C=O) groups is 1. The first-order valence-corrected chi connectivity index (χ1v) is 9.56. The second-order valence-corrected chi connectivity index (χ2v) is 7.23. The van der Waals surface area contributed by atoms with Crippen molar-refractivity contribution in [2.75, 3.05) is 10.6 Å². The molecule has 140 valence electrons. The first-order valence-electron chi connectivity index (χ1n) is 8.76. The quantitative estimate of drug-likeness (QED) is 0.449. The van der Waals surface area contributed by atoms with Crippen molar-refractivity contribution in [3.8, 4) is 0 Å². The molecule has 0 atom stereocenters. The molecule has 0 bridgehead atoms. The van der Waals surface area contributed by atoms with Crippen LogP contribution in [0.5, 0.6) is 0 Å². The van der Waals surface area contributed by atoms with E-state index in [1.165, 1.54) is 0 Å². The first-order chi connectivity index (χ1) is 13.6. The number of aromatic nitrogens is 3. The van der Waals surface area contributed by atoms with Gasteiger partial charge in [0.1, 0.15) is 4.60 Å². The van der Waals surface area contributed by atoms with Gasteiger partial charge in [0, 0.05) is 42.7 Å². The minimum Gasteiger partial charge on any atom is -0.380 e. The van der Waals surface area contributed by atoms with Crippen LogP contribution in [0.3, 0.4) is 0 Å². The Morgan fingerprint density at radius 2 is 2.00 bits per heavy atom. The Bertz CT molecular complexity index is 1150. The number of amides is 1. The van der Waals surface area contributed by atoms with Crippen LogP contribution in [0.25, 0.3) is 10.9 Å². The molecule has 28 heavy (non-hydrogen) atoms. The molecule has 2 N–H and O–H groups in total. The number of nitrogens with zero attached hydrogens (tertiary/aromatic N) is 3. The van der Waals surface area contributed by atoms with Crippen LogP contribution in [0.15, 0.2) is 71.6 Å². The van der Waals surface area contributed by atoms with Gasteiger partial charge in [-0.2, -0.15) is 5.10 Å². The minimum atomic E-state index is -0.172. The summed E-state index contributed by atoms with van der Waals surface area (Å²) < 4.78 is 2.54. The van der Waals surface area contributed by atoms with E-state index >= 15 is 0 Å². The highest BCUT2D eigenvalue weighted by Gasteiger charge is 2.12. The van der Waals surface area contributed by atoms with Gasteiger partial charge in [0.25, 0.3) is 5.91 Å². The summed E-state index contributed by atoms with van der Waals surface area (Å²) in [7, 11) is 1.88. The summed E-state index contributed by atoms with van der Waals surface area (Å²) in [5, 5.41) is 11.7. The molecule has 7 heteroatoms. The predicted octanol–water partition coefficient (Wildman–Crippen LogP) is 4.60. The second-order valence-electron chi connectivity index (χ2n) is 6.42. The van der Waals surface area contributed by atoms with Crippen molar-refractivity contribution in [3.63, 3.8) is 0 Å². The Morgan fingerprint density at radius 1 is 1.14 bits per heavy atom. The molecule has 1 amide bonds. The zero-order valence-corrected chi connectivity index (χ0v) is 16.8. The summed E-state index contributed by atoms with van der Waals surface area (Å²) in [5.74, 6) is -0.172. The number of carbonyl (C=O) groups excluding carboxylic acids is 1. The molecule has 0 fully saturated rings. The smallest absolute Gasteiger partial charge is 0.257 e. The van der Waals surface area contributed by atoms with Gasteiger partial charge in [-0.3, -0.25) is 9.48 Å². The van der Waals surface area contributed by atoms with Gasteiger partial charge in [0.2, 0.25) is 0 Å². The molecule has 0 saturated heterocycles. The van der Waals surface area contributed by atoms with Crippen molar-refractivity contribution >= 4 is 44.1 Å². The molecular weight excluding hydrogens is 418 g/mol. The maximum atomic E-state index is 12.8. The van der Waals surface area contributed by atoms with Crippen LogP contribution in [-0.4, -0.2) is 20.7 Å². The third-order valence-corrected chi connectivity index (χ3v) is 4.76. The van der Waals surface area contributed by atoms with E-state index in [2.05, 4.69) is 36.6 Å². The molecule has 4 aromatic rings. The Morgan fingerprint density at radius 3 is 2.86 bits per heavy atom. The molecule has 2 heterocycles. The molecule has 0 aliphatic carbocycles. The Kier molecular flexibility index (Phi) is 5.08. The van der Waals surface area contributed by atoms with Crippen molar-refractivity contribution in [2.24, 2.45) is 7.05 Å².